The van der Waals surface area contributed by atoms with Gasteiger partial charge in [-0.15, -0.1) is 0 Å². The molecule has 0 aliphatic rings. The lowest BCUT2D eigenvalue weighted by Gasteiger charge is -2.11. The molecule has 2 N–H and O–H groups in total. The minimum Gasteiger partial charge on any atom is -0.330 e. The van der Waals surface area contributed by atoms with Gasteiger partial charge in [0, 0.05) is 18.8 Å². The number of aromatic nitrogens is 2. The number of imidazole rings is 1. The number of nitrogens with two attached hydrogens (primary N) is 1. The first-order valence-corrected chi connectivity index (χ1v) is 6.38. The van der Waals surface area contributed by atoms with Crippen molar-refractivity contribution in [3.05, 3.63) is 47.5 Å². The molecule has 1 heterocycles. The predicted octanol–water partition coefficient (Wildman–Crippen LogP) is 2.60. The third-order valence-corrected chi connectivity index (χ3v) is 2.94. The summed E-state index contributed by atoms with van der Waals surface area (Å²) in [5.41, 5.74) is 5.90. The van der Waals surface area contributed by atoms with E-state index in [1.807, 2.05) is 6.92 Å². The van der Waals surface area contributed by atoms with Crippen molar-refractivity contribution in [3.63, 3.8) is 0 Å². The maximum absolute atomic E-state index is 14.1. The van der Waals surface area contributed by atoms with Gasteiger partial charge in [0.05, 0.1) is 0 Å². The normalized spacial score (nSPS) is 10.9. The summed E-state index contributed by atoms with van der Waals surface area (Å²) in [4.78, 5) is 4.13. The van der Waals surface area contributed by atoms with Crippen LogP contribution in [0.15, 0.2) is 24.5 Å². The van der Waals surface area contributed by atoms with Gasteiger partial charge in [0.2, 0.25) is 0 Å². The molecule has 0 aliphatic carbocycles. The molecule has 1 aromatic heterocycles. The first-order chi connectivity index (χ1) is 9.17. The number of rotatable bonds is 5. The van der Waals surface area contributed by atoms with Gasteiger partial charge in [-0.05, 0) is 37.1 Å². The zero-order valence-electron chi connectivity index (χ0n) is 10.9. The van der Waals surface area contributed by atoms with Crippen molar-refractivity contribution in [3.8, 4) is 5.69 Å². The quantitative estimate of drug-likeness (QED) is 0.903. The maximum Gasteiger partial charge on any atom is 0.150 e. The molecule has 0 radical (unpaired) electrons. The third-order valence-electron chi connectivity index (χ3n) is 2.94. The summed E-state index contributed by atoms with van der Waals surface area (Å²) in [6, 6.07) is 2.67. The van der Waals surface area contributed by atoms with E-state index in [-0.39, 0.29) is 5.69 Å². The van der Waals surface area contributed by atoms with Crippen molar-refractivity contribution in [2.24, 2.45) is 5.73 Å². The van der Waals surface area contributed by atoms with Gasteiger partial charge in [-0.1, -0.05) is 6.92 Å². The van der Waals surface area contributed by atoms with E-state index in [1.165, 1.54) is 16.7 Å². The van der Waals surface area contributed by atoms with Crippen LogP contribution in [0.2, 0.25) is 0 Å². The zero-order chi connectivity index (χ0) is 13.8. The maximum atomic E-state index is 14.1. The Kier molecular flexibility index (Phi) is 4.27. The minimum atomic E-state index is -0.584. The summed E-state index contributed by atoms with van der Waals surface area (Å²) in [6.07, 6.45) is 5.13. The molecule has 2 rings (SSSR count). The average molecular weight is 265 g/mol. The van der Waals surface area contributed by atoms with Gasteiger partial charge >= 0.3 is 0 Å². The highest BCUT2D eigenvalue weighted by Gasteiger charge is 2.15. The lowest BCUT2D eigenvalue weighted by atomic mass is 10.1. The van der Waals surface area contributed by atoms with Crippen molar-refractivity contribution >= 4 is 0 Å². The molecule has 0 atom stereocenters. The van der Waals surface area contributed by atoms with Gasteiger partial charge in [-0.25, -0.2) is 13.8 Å². The van der Waals surface area contributed by atoms with Crippen LogP contribution >= 0.6 is 0 Å². The molecule has 5 heteroatoms. The summed E-state index contributed by atoms with van der Waals surface area (Å²) < 4.78 is 29.6. The fourth-order valence-electron chi connectivity index (χ4n) is 2.11. The van der Waals surface area contributed by atoms with Crippen LogP contribution in [0.1, 0.15) is 24.7 Å². The van der Waals surface area contributed by atoms with Crippen LogP contribution in [0.4, 0.5) is 8.78 Å². The van der Waals surface area contributed by atoms with E-state index in [1.54, 1.807) is 12.4 Å². The molecule has 0 aliphatic heterocycles. The molecule has 1 aromatic carbocycles. The van der Waals surface area contributed by atoms with E-state index < -0.39 is 11.6 Å². The molecule has 102 valence electrons. The number of aryl methyl sites for hydroxylation is 1. The van der Waals surface area contributed by atoms with Gasteiger partial charge in [-0.2, -0.15) is 0 Å². The van der Waals surface area contributed by atoms with Crippen molar-refractivity contribution in [2.45, 2.75) is 26.2 Å². The standard InChI is InChI=1S/C14H17F2N3/c1-2-3-13-18-6-7-19(13)14-11(15)8-10(4-5-17)9-12(14)16/h6-9H,2-5,17H2,1H3. The number of hydrogen-bond acceptors (Lipinski definition) is 2. The molecule has 2 aromatic rings. The highest BCUT2D eigenvalue weighted by molar-refractivity contribution is 5.39. The van der Waals surface area contributed by atoms with Gasteiger partial charge in [0.25, 0.3) is 0 Å². The SMILES string of the molecule is CCCc1nccn1-c1c(F)cc(CCN)cc1F. The smallest absolute Gasteiger partial charge is 0.150 e. The minimum absolute atomic E-state index is 0.0679. The van der Waals surface area contributed by atoms with E-state index in [0.29, 0.717) is 30.8 Å². The summed E-state index contributed by atoms with van der Waals surface area (Å²) in [7, 11) is 0. The Morgan fingerprint density at radius 2 is 1.89 bits per heavy atom. The highest BCUT2D eigenvalue weighted by Crippen LogP contribution is 2.22. The van der Waals surface area contributed by atoms with Crippen molar-refractivity contribution in [2.75, 3.05) is 6.54 Å². The fourth-order valence-corrected chi connectivity index (χ4v) is 2.11. The van der Waals surface area contributed by atoms with E-state index >= 15 is 0 Å². The summed E-state index contributed by atoms with van der Waals surface area (Å²) in [5.74, 6) is -0.510. The fraction of sp³-hybridized carbons (Fsp3) is 0.357. The van der Waals surface area contributed by atoms with Gasteiger partial charge in [0.1, 0.15) is 11.5 Å². The van der Waals surface area contributed by atoms with Crippen molar-refractivity contribution in [1.82, 2.24) is 9.55 Å². The number of nitrogens with zero attached hydrogens (tertiary/aromatic N) is 2. The lowest BCUT2D eigenvalue weighted by Crippen LogP contribution is -2.08. The number of hydrogen-bond donors (Lipinski definition) is 1. The van der Waals surface area contributed by atoms with E-state index in [2.05, 4.69) is 4.98 Å². The van der Waals surface area contributed by atoms with Gasteiger partial charge in [-0.3, -0.25) is 4.57 Å². The summed E-state index contributed by atoms with van der Waals surface area (Å²) in [5, 5.41) is 0. The molecule has 0 fully saturated rings. The Balaban J connectivity index is 2.47. The van der Waals surface area contributed by atoms with Crippen LogP contribution in [-0.2, 0) is 12.8 Å². The molecule has 0 saturated heterocycles. The summed E-state index contributed by atoms with van der Waals surface area (Å²) in [6.45, 7) is 2.36. The molecule has 19 heavy (non-hydrogen) atoms. The van der Waals surface area contributed by atoms with E-state index in [9.17, 15) is 8.78 Å². The largest absolute Gasteiger partial charge is 0.330 e. The Morgan fingerprint density at radius 1 is 1.21 bits per heavy atom. The Labute approximate surface area is 111 Å². The molecule has 0 unspecified atom stereocenters. The Hall–Kier alpha value is -1.75. The first-order valence-electron chi connectivity index (χ1n) is 6.38. The second kappa shape index (κ2) is 5.93. The number of benzene rings is 1. The third kappa shape index (κ3) is 2.81. The second-order valence-electron chi connectivity index (χ2n) is 4.41. The average Bonchev–Trinajstić information content (AvgIpc) is 2.77. The van der Waals surface area contributed by atoms with Crippen LogP contribution < -0.4 is 5.73 Å². The van der Waals surface area contributed by atoms with Crippen molar-refractivity contribution < 1.29 is 8.78 Å². The van der Waals surface area contributed by atoms with E-state index in [0.717, 1.165) is 6.42 Å². The molecular formula is C14H17F2N3. The van der Waals surface area contributed by atoms with Crippen molar-refractivity contribution in [1.29, 1.82) is 0 Å². The zero-order valence-corrected chi connectivity index (χ0v) is 10.9. The monoisotopic (exact) mass is 265 g/mol. The molecule has 0 bridgehead atoms. The van der Waals surface area contributed by atoms with Gasteiger partial charge < -0.3 is 5.73 Å². The second-order valence-corrected chi connectivity index (χ2v) is 4.41. The topological polar surface area (TPSA) is 43.8 Å². The Morgan fingerprint density at radius 3 is 2.47 bits per heavy atom. The summed E-state index contributed by atoms with van der Waals surface area (Å²) >= 11 is 0. The number of halogens is 2. The van der Waals surface area contributed by atoms with E-state index in [4.69, 9.17) is 5.73 Å². The Bertz CT molecular complexity index is 541. The van der Waals surface area contributed by atoms with Crippen LogP contribution in [0.25, 0.3) is 5.69 Å². The van der Waals surface area contributed by atoms with Gasteiger partial charge in [0.15, 0.2) is 11.6 Å². The molecule has 0 saturated carbocycles. The van der Waals surface area contributed by atoms with Crippen LogP contribution in [0.3, 0.4) is 0 Å². The molecule has 0 spiro atoms. The predicted molar refractivity (Wildman–Crippen MR) is 70.2 cm³/mol. The highest BCUT2D eigenvalue weighted by atomic mass is 19.1. The molecular weight excluding hydrogens is 248 g/mol. The van der Waals surface area contributed by atoms with Crippen LogP contribution in [0, 0.1) is 11.6 Å². The first kappa shape index (κ1) is 13.7. The van der Waals surface area contributed by atoms with Crippen LogP contribution in [-0.4, -0.2) is 16.1 Å². The van der Waals surface area contributed by atoms with Crippen LogP contribution in [0.5, 0.6) is 0 Å². The lowest BCUT2D eigenvalue weighted by molar-refractivity contribution is 0.561. The molecule has 3 nitrogen and oxygen atoms in total. The molecule has 0 amide bonds.